The molecule has 0 saturated carbocycles. The second kappa shape index (κ2) is 13.7. The zero-order valence-corrected chi connectivity index (χ0v) is 36.4. The van der Waals surface area contributed by atoms with E-state index in [1.807, 2.05) is 0 Å². The van der Waals surface area contributed by atoms with E-state index in [0.29, 0.717) is 0 Å². The van der Waals surface area contributed by atoms with Crippen LogP contribution in [0, 0.1) is 0 Å². The first-order chi connectivity index (χ1) is 33.2. The summed E-state index contributed by atoms with van der Waals surface area (Å²) < 4.78 is 7.22. The van der Waals surface area contributed by atoms with Crippen LogP contribution >= 0.6 is 0 Å². The van der Waals surface area contributed by atoms with Gasteiger partial charge in [-0.05, 0) is 142 Å². The van der Waals surface area contributed by atoms with E-state index in [0.717, 1.165) is 50.1 Å². The van der Waals surface area contributed by atoms with Gasteiger partial charge in [0.15, 0.2) is 0 Å². The molecule has 0 fully saturated rings. The normalized spacial score (nSPS) is 13.2. The molecule has 0 amide bonds. The van der Waals surface area contributed by atoms with Crippen LogP contribution in [0.5, 0.6) is 0 Å². The van der Waals surface area contributed by atoms with E-state index in [4.69, 9.17) is 4.42 Å². The Labute approximate surface area is 387 Å². The van der Waals surface area contributed by atoms with Crippen molar-refractivity contribution in [2.24, 2.45) is 0 Å². The van der Waals surface area contributed by atoms with Crippen LogP contribution in [0.3, 0.4) is 0 Å². The summed E-state index contributed by atoms with van der Waals surface area (Å²) in [6.07, 6.45) is 0. The molecule has 2 aliphatic rings. The lowest BCUT2D eigenvalue weighted by Crippen LogP contribution is -2.26. The predicted molar refractivity (Wildman–Crippen MR) is 280 cm³/mol. The Kier molecular flexibility index (Phi) is 7.46. The number of para-hydroxylation sites is 1. The van der Waals surface area contributed by atoms with Crippen LogP contribution in [-0.4, -0.2) is 0 Å². The molecule has 1 heterocycles. The molecule has 0 N–H and O–H groups in total. The van der Waals surface area contributed by atoms with Gasteiger partial charge in [0.25, 0.3) is 0 Å². The minimum atomic E-state index is -0.444. The highest BCUT2D eigenvalue weighted by atomic mass is 16.3. The van der Waals surface area contributed by atoms with Gasteiger partial charge in [-0.15, -0.1) is 0 Å². The minimum Gasteiger partial charge on any atom is -0.455 e. The molecule has 1 spiro atoms. The molecule has 0 bridgehead atoms. The second-order valence-corrected chi connectivity index (χ2v) is 18.3. The summed E-state index contributed by atoms with van der Waals surface area (Å²) in [6, 6.07) is 87.4. The summed E-state index contributed by atoms with van der Waals surface area (Å²) in [6.45, 7) is 0. The van der Waals surface area contributed by atoms with Gasteiger partial charge < -0.3 is 9.32 Å². The van der Waals surface area contributed by atoms with Gasteiger partial charge in [-0.3, -0.25) is 0 Å². The number of furan rings is 1. The molecule has 0 atom stereocenters. The summed E-state index contributed by atoms with van der Waals surface area (Å²) in [5.41, 5.74) is 17.3. The lowest BCUT2D eigenvalue weighted by Gasteiger charge is -2.32. The summed E-state index contributed by atoms with van der Waals surface area (Å²) in [5, 5.41) is 12.1. The Morgan fingerprint density at radius 1 is 0.299 bits per heavy atom. The van der Waals surface area contributed by atoms with E-state index in [-0.39, 0.29) is 0 Å². The number of anilines is 3. The van der Waals surface area contributed by atoms with Gasteiger partial charge >= 0.3 is 0 Å². The summed E-state index contributed by atoms with van der Waals surface area (Å²) in [7, 11) is 0. The van der Waals surface area contributed by atoms with Crippen LogP contribution in [0.15, 0.2) is 241 Å². The van der Waals surface area contributed by atoms with Gasteiger partial charge in [0.05, 0.1) is 5.41 Å². The third-order valence-electron chi connectivity index (χ3n) is 15.0. The number of hydrogen-bond acceptors (Lipinski definition) is 2. The van der Waals surface area contributed by atoms with Crippen molar-refractivity contribution in [1.29, 1.82) is 0 Å². The maximum atomic E-state index is 7.22. The Bertz CT molecular complexity index is 4140. The van der Waals surface area contributed by atoms with Crippen molar-refractivity contribution >= 4 is 82.1 Å². The molecule has 0 aliphatic heterocycles. The second-order valence-electron chi connectivity index (χ2n) is 18.3. The first-order valence-electron chi connectivity index (χ1n) is 23.2. The predicted octanol–water partition coefficient (Wildman–Crippen LogP) is 17.7. The maximum absolute atomic E-state index is 7.22. The van der Waals surface area contributed by atoms with E-state index in [1.165, 1.54) is 87.6 Å². The van der Waals surface area contributed by atoms with Gasteiger partial charge in [0.2, 0.25) is 0 Å². The molecule has 310 valence electrons. The first-order valence-corrected chi connectivity index (χ1v) is 23.2. The fourth-order valence-electron chi connectivity index (χ4n) is 12.3. The quantitative estimate of drug-likeness (QED) is 0.164. The summed E-state index contributed by atoms with van der Waals surface area (Å²) in [5.74, 6) is 0. The molecule has 67 heavy (non-hydrogen) atoms. The lowest BCUT2D eigenvalue weighted by molar-refractivity contribution is 0.670. The molecular formula is C65H39NO. The van der Waals surface area contributed by atoms with Crippen LogP contribution in [0.4, 0.5) is 17.1 Å². The largest absolute Gasteiger partial charge is 0.455 e. The Morgan fingerprint density at radius 3 is 1.45 bits per heavy atom. The summed E-state index contributed by atoms with van der Waals surface area (Å²) >= 11 is 0. The van der Waals surface area contributed by atoms with Crippen molar-refractivity contribution in [3.05, 3.63) is 259 Å². The third-order valence-corrected chi connectivity index (χ3v) is 15.0. The highest BCUT2D eigenvalue weighted by molar-refractivity contribution is 6.27. The maximum Gasteiger partial charge on any atom is 0.143 e. The van der Waals surface area contributed by atoms with Crippen molar-refractivity contribution in [2.75, 3.05) is 4.90 Å². The number of fused-ring (bicyclic) bond motifs is 20. The summed E-state index contributed by atoms with van der Waals surface area (Å²) in [4.78, 5) is 2.40. The van der Waals surface area contributed by atoms with Crippen molar-refractivity contribution in [2.45, 2.75) is 5.41 Å². The average Bonchev–Trinajstić information content (AvgIpc) is 4.02. The van der Waals surface area contributed by atoms with E-state index in [1.54, 1.807) is 0 Å². The third kappa shape index (κ3) is 4.94. The van der Waals surface area contributed by atoms with Crippen LogP contribution in [-0.2, 0) is 5.41 Å². The van der Waals surface area contributed by atoms with Crippen molar-refractivity contribution in [1.82, 2.24) is 0 Å². The zero-order valence-electron chi connectivity index (χ0n) is 36.4. The molecule has 13 aromatic rings. The van der Waals surface area contributed by atoms with Gasteiger partial charge in [-0.2, -0.15) is 0 Å². The smallest absolute Gasteiger partial charge is 0.143 e. The van der Waals surface area contributed by atoms with Crippen LogP contribution < -0.4 is 4.90 Å². The lowest BCUT2D eigenvalue weighted by atomic mass is 9.70. The van der Waals surface area contributed by atoms with Crippen molar-refractivity contribution in [3.63, 3.8) is 0 Å². The Hall–Kier alpha value is -8.72. The number of nitrogens with zero attached hydrogens (tertiary/aromatic N) is 1. The highest BCUT2D eigenvalue weighted by Gasteiger charge is 2.51. The monoisotopic (exact) mass is 849 g/mol. The Morgan fingerprint density at radius 2 is 0.791 bits per heavy atom. The Balaban J connectivity index is 0.949. The SMILES string of the molecule is c1ccc(N(c2ccc3c(c2)C2(c4ccccc4-c4ccccc42)c2ccccc2-3)c2ccc3c(c2)oc2c(-c4ccc5c6ccccc6c6ccccc6c5c4)c4ccccc4cc23)cc1. The standard InChI is InChI=1S/C65H39NO/c1-2-17-42(18-3-1)66(43-31-34-54-53-26-12-15-29-60(53)65(61(54)38-43)58-27-13-10-24-51(58)52-25-11-14-28-59(52)65)44-32-35-55-57-36-40-16-4-5-19-45(40)63(64(57)67-62(55)39-44)41-30-33-50-48-22-7-6-20-46(48)47-21-8-9-23-49(47)56(50)37-41/h1-39H. The molecule has 2 aliphatic carbocycles. The molecule has 12 aromatic carbocycles. The molecule has 2 nitrogen and oxygen atoms in total. The number of rotatable bonds is 4. The van der Waals surface area contributed by atoms with Crippen LogP contribution in [0.25, 0.3) is 98.4 Å². The van der Waals surface area contributed by atoms with E-state index < -0.39 is 5.41 Å². The molecule has 0 radical (unpaired) electrons. The molecule has 15 rings (SSSR count). The topological polar surface area (TPSA) is 16.4 Å². The fraction of sp³-hybridized carbons (Fsp3) is 0.0154. The van der Waals surface area contributed by atoms with Gasteiger partial charge in [0.1, 0.15) is 11.2 Å². The van der Waals surface area contributed by atoms with Crippen molar-refractivity contribution < 1.29 is 4.42 Å². The van der Waals surface area contributed by atoms with Crippen LogP contribution in [0.2, 0.25) is 0 Å². The van der Waals surface area contributed by atoms with Gasteiger partial charge in [-0.1, -0.05) is 182 Å². The fourth-order valence-corrected chi connectivity index (χ4v) is 12.3. The van der Waals surface area contributed by atoms with Crippen molar-refractivity contribution in [3.8, 4) is 33.4 Å². The van der Waals surface area contributed by atoms with E-state index in [9.17, 15) is 0 Å². The molecule has 0 unspecified atom stereocenters. The number of benzene rings is 12. The van der Waals surface area contributed by atoms with Gasteiger partial charge in [0, 0.05) is 39.5 Å². The molecule has 0 saturated heterocycles. The number of hydrogen-bond donors (Lipinski definition) is 0. The van der Waals surface area contributed by atoms with Crippen LogP contribution in [0.1, 0.15) is 22.3 Å². The van der Waals surface area contributed by atoms with Gasteiger partial charge in [-0.25, -0.2) is 0 Å². The van der Waals surface area contributed by atoms with E-state index in [2.05, 4.69) is 241 Å². The van der Waals surface area contributed by atoms with E-state index >= 15 is 0 Å². The molecular weight excluding hydrogens is 811 g/mol. The molecule has 1 aromatic heterocycles. The highest BCUT2D eigenvalue weighted by Crippen LogP contribution is 2.63. The first kappa shape index (κ1) is 36.6. The average molecular weight is 850 g/mol. The minimum absolute atomic E-state index is 0.444. The zero-order chi connectivity index (χ0) is 43.8. The molecule has 2 heteroatoms.